The minimum absolute atomic E-state index is 0.218. The first-order chi connectivity index (χ1) is 16.1. The Labute approximate surface area is 195 Å². The van der Waals surface area contributed by atoms with Crippen molar-refractivity contribution in [1.29, 1.82) is 5.26 Å². The number of aromatic nitrogens is 5. The van der Waals surface area contributed by atoms with Crippen molar-refractivity contribution < 1.29 is 9.47 Å². The first kappa shape index (κ1) is 22.0. The summed E-state index contributed by atoms with van der Waals surface area (Å²) in [7, 11) is 1.58. The number of methoxy groups -OCH3 is 1. The van der Waals surface area contributed by atoms with Crippen molar-refractivity contribution in [2.45, 2.75) is 19.6 Å². The Bertz CT molecular complexity index is 1270. The number of nitrogens with zero attached hydrogens (tertiary/aromatic N) is 6. The molecule has 0 radical (unpaired) electrons. The van der Waals surface area contributed by atoms with Crippen LogP contribution >= 0.6 is 11.6 Å². The molecule has 4 aromatic rings. The Morgan fingerprint density at radius 2 is 1.94 bits per heavy atom. The van der Waals surface area contributed by atoms with E-state index in [1.165, 1.54) is 6.33 Å². The molecule has 0 spiro atoms. The van der Waals surface area contributed by atoms with E-state index in [0.29, 0.717) is 40.3 Å². The summed E-state index contributed by atoms with van der Waals surface area (Å²) in [6.45, 7) is 2.41. The van der Waals surface area contributed by atoms with E-state index >= 15 is 0 Å². The molecular weight excluding hydrogens is 442 g/mol. The second-order valence-electron chi connectivity index (χ2n) is 7.13. The Hall–Kier alpha value is -4.16. The molecule has 0 aliphatic heterocycles. The van der Waals surface area contributed by atoms with Crippen molar-refractivity contribution in [1.82, 2.24) is 24.7 Å². The van der Waals surface area contributed by atoms with Gasteiger partial charge in [0, 0.05) is 23.0 Å². The normalized spacial score (nSPS) is 11.5. The van der Waals surface area contributed by atoms with Crippen LogP contribution in [0.1, 0.15) is 12.5 Å². The predicted molar refractivity (Wildman–Crippen MR) is 124 cm³/mol. The molecule has 1 atom stereocenters. The maximum absolute atomic E-state index is 9.48. The lowest BCUT2D eigenvalue weighted by Gasteiger charge is -2.16. The third-order valence-electron chi connectivity index (χ3n) is 4.73. The average molecular weight is 462 g/mol. The summed E-state index contributed by atoms with van der Waals surface area (Å²) in [5.74, 6) is 1.50. The zero-order valence-corrected chi connectivity index (χ0v) is 18.7. The summed E-state index contributed by atoms with van der Waals surface area (Å²) in [5.41, 5.74) is 2.70. The number of nitrogens with one attached hydrogen (secondary N) is 1. The summed E-state index contributed by atoms with van der Waals surface area (Å²) >= 11 is 6.08. The minimum atomic E-state index is -0.218. The fourth-order valence-corrected chi connectivity index (χ4v) is 3.35. The molecule has 33 heavy (non-hydrogen) atoms. The molecule has 0 bridgehead atoms. The Morgan fingerprint density at radius 1 is 1.12 bits per heavy atom. The molecule has 4 rings (SSSR count). The van der Waals surface area contributed by atoms with E-state index in [0.717, 1.165) is 11.1 Å². The highest BCUT2D eigenvalue weighted by Crippen LogP contribution is 2.31. The Balaban J connectivity index is 1.52. The van der Waals surface area contributed by atoms with Gasteiger partial charge in [0.1, 0.15) is 36.3 Å². The first-order valence-corrected chi connectivity index (χ1v) is 10.4. The molecule has 0 unspecified atom stereocenters. The van der Waals surface area contributed by atoms with Crippen molar-refractivity contribution in [3.63, 3.8) is 0 Å². The van der Waals surface area contributed by atoms with Gasteiger partial charge in [-0.3, -0.25) is 0 Å². The van der Waals surface area contributed by atoms with E-state index < -0.39 is 0 Å². The van der Waals surface area contributed by atoms with Crippen LogP contribution in [0.25, 0.3) is 11.1 Å². The van der Waals surface area contributed by atoms with Crippen LogP contribution < -0.4 is 14.8 Å². The molecule has 0 amide bonds. The number of anilines is 2. The van der Waals surface area contributed by atoms with Crippen LogP contribution in [0.4, 0.5) is 11.6 Å². The second kappa shape index (κ2) is 9.97. The standard InChI is InChI=1S/C23H20ClN7O2/c1-15(12-31-14-26-13-29-31)33-22-7-16(3-4-17(22)9-25)18-10-27-23(28-11-18)30-20-8-19(24)5-6-21(20)32-2/h3-8,10-11,13-15H,12H2,1-2H3,(H,27,28,30)/t15-/m0/s1. The highest BCUT2D eigenvalue weighted by Gasteiger charge is 2.12. The van der Waals surface area contributed by atoms with E-state index in [1.807, 2.05) is 19.1 Å². The lowest BCUT2D eigenvalue weighted by molar-refractivity contribution is 0.193. The molecule has 2 heterocycles. The van der Waals surface area contributed by atoms with Gasteiger partial charge < -0.3 is 14.8 Å². The largest absolute Gasteiger partial charge is 0.495 e. The fourth-order valence-electron chi connectivity index (χ4n) is 3.18. The van der Waals surface area contributed by atoms with Gasteiger partial charge in [0.2, 0.25) is 5.95 Å². The van der Waals surface area contributed by atoms with Gasteiger partial charge in [0.25, 0.3) is 0 Å². The third-order valence-corrected chi connectivity index (χ3v) is 4.97. The average Bonchev–Trinajstić information content (AvgIpc) is 3.32. The van der Waals surface area contributed by atoms with Gasteiger partial charge in [-0.25, -0.2) is 19.6 Å². The lowest BCUT2D eigenvalue weighted by atomic mass is 10.1. The van der Waals surface area contributed by atoms with Gasteiger partial charge in [-0.2, -0.15) is 10.4 Å². The molecule has 2 aromatic heterocycles. The summed E-state index contributed by atoms with van der Waals surface area (Å²) in [6, 6.07) is 12.8. The van der Waals surface area contributed by atoms with Crippen molar-refractivity contribution in [3.05, 3.63) is 72.0 Å². The molecule has 0 aliphatic carbocycles. The van der Waals surface area contributed by atoms with Gasteiger partial charge in [0.05, 0.1) is 24.9 Å². The molecule has 166 valence electrons. The maximum Gasteiger partial charge on any atom is 0.227 e. The van der Waals surface area contributed by atoms with E-state index in [-0.39, 0.29) is 6.10 Å². The van der Waals surface area contributed by atoms with Crippen LogP contribution in [0.2, 0.25) is 5.02 Å². The fraction of sp³-hybridized carbons (Fsp3) is 0.174. The number of rotatable bonds is 8. The zero-order chi connectivity index (χ0) is 23.2. The molecule has 0 aliphatic rings. The van der Waals surface area contributed by atoms with Crippen molar-refractivity contribution in [3.8, 4) is 28.7 Å². The van der Waals surface area contributed by atoms with Crippen molar-refractivity contribution in [2.24, 2.45) is 0 Å². The van der Waals surface area contributed by atoms with Crippen LogP contribution in [0.3, 0.4) is 0 Å². The third kappa shape index (κ3) is 5.37. The van der Waals surface area contributed by atoms with E-state index in [2.05, 4.69) is 31.4 Å². The molecule has 0 saturated carbocycles. The summed E-state index contributed by atoms with van der Waals surface area (Å²) in [4.78, 5) is 12.7. The SMILES string of the molecule is COc1ccc(Cl)cc1Nc1ncc(-c2ccc(C#N)c(O[C@@H](C)Cn3cncn3)c2)cn1. The molecule has 9 nitrogen and oxygen atoms in total. The quantitative estimate of drug-likeness (QED) is 0.409. The smallest absolute Gasteiger partial charge is 0.227 e. The maximum atomic E-state index is 9.48. The molecular formula is C23H20ClN7O2. The van der Waals surface area contributed by atoms with Gasteiger partial charge >= 0.3 is 0 Å². The monoisotopic (exact) mass is 461 g/mol. The lowest BCUT2D eigenvalue weighted by Crippen LogP contribution is -2.20. The zero-order valence-electron chi connectivity index (χ0n) is 17.9. The second-order valence-corrected chi connectivity index (χ2v) is 7.57. The van der Waals surface area contributed by atoms with Crippen LogP contribution in [-0.4, -0.2) is 37.9 Å². The van der Waals surface area contributed by atoms with E-state index in [4.69, 9.17) is 21.1 Å². The molecule has 10 heteroatoms. The topological polar surface area (TPSA) is 111 Å². The highest BCUT2D eigenvalue weighted by atomic mass is 35.5. The van der Waals surface area contributed by atoms with Gasteiger partial charge in [0.15, 0.2) is 0 Å². The Morgan fingerprint density at radius 3 is 2.64 bits per heavy atom. The molecule has 2 aromatic carbocycles. The first-order valence-electron chi connectivity index (χ1n) is 10.0. The van der Waals surface area contributed by atoms with Crippen LogP contribution in [0.15, 0.2) is 61.4 Å². The minimum Gasteiger partial charge on any atom is -0.495 e. The predicted octanol–water partition coefficient (Wildman–Crippen LogP) is 4.48. The number of benzene rings is 2. The molecule has 0 fully saturated rings. The van der Waals surface area contributed by atoms with Crippen molar-refractivity contribution >= 4 is 23.2 Å². The van der Waals surface area contributed by atoms with Gasteiger partial charge in [-0.05, 0) is 42.8 Å². The van der Waals surface area contributed by atoms with Gasteiger partial charge in [-0.1, -0.05) is 17.7 Å². The van der Waals surface area contributed by atoms with Crippen LogP contribution in [-0.2, 0) is 6.54 Å². The number of nitriles is 1. The summed E-state index contributed by atoms with van der Waals surface area (Å²) in [5, 5.41) is 17.2. The molecule has 0 saturated heterocycles. The van der Waals surface area contributed by atoms with E-state index in [9.17, 15) is 5.26 Å². The number of hydrogen-bond acceptors (Lipinski definition) is 8. The van der Waals surface area contributed by atoms with Crippen LogP contribution in [0.5, 0.6) is 11.5 Å². The summed E-state index contributed by atoms with van der Waals surface area (Å²) in [6.07, 6.45) is 6.25. The summed E-state index contributed by atoms with van der Waals surface area (Å²) < 4.78 is 13.0. The van der Waals surface area contributed by atoms with Gasteiger partial charge in [-0.15, -0.1) is 0 Å². The van der Waals surface area contributed by atoms with E-state index in [1.54, 1.807) is 54.8 Å². The Kier molecular flexibility index (Phi) is 6.66. The number of halogens is 1. The number of ether oxygens (including phenoxy) is 2. The highest BCUT2D eigenvalue weighted by molar-refractivity contribution is 6.31. The van der Waals surface area contributed by atoms with Crippen LogP contribution in [0, 0.1) is 11.3 Å². The number of hydrogen-bond donors (Lipinski definition) is 1. The van der Waals surface area contributed by atoms with Crippen molar-refractivity contribution in [2.75, 3.05) is 12.4 Å². The molecule has 1 N–H and O–H groups in total.